The lowest BCUT2D eigenvalue weighted by molar-refractivity contribution is -0.115. The zero-order valence-electron chi connectivity index (χ0n) is 11.5. The molecule has 1 aromatic rings. The van der Waals surface area contributed by atoms with E-state index in [-0.39, 0.29) is 11.4 Å². The van der Waals surface area contributed by atoms with E-state index in [0.717, 1.165) is 6.42 Å². The van der Waals surface area contributed by atoms with Crippen LogP contribution in [-0.4, -0.2) is 25.1 Å². The first-order valence-electron chi connectivity index (χ1n) is 6.16. The number of para-hydroxylation sites is 2. The molecule has 4 nitrogen and oxygen atoms in total. The third kappa shape index (κ3) is 4.37. The number of benzene rings is 1. The van der Waals surface area contributed by atoms with Gasteiger partial charge in [0.15, 0.2) is 0 Å². The van der Waals surface area contributed by atoms with Crippen molar-refractivity contribution in [1.82, 2.24) is 5.32 Å². The molecule has 0 heterocycles. The van der Waals surface area contributed by atoms with Crippen molar-refractivity contribution >= 4 is 11.6 Å². The molecule has 0 unspecified atom stereocenters. The summed E-state index contributed by atoms with van der Waals surface area (Å²) in [5.74, 6) is 0.599. The van der Waals surface area contributed by atoms with Crippen molar-refractivity contribution in [2.24, 2.45) is 0 Å². The van der Waals surface area contributed by atoms with Crippen LogP contribution in [0.5, 0.6) is 5.75 Å². The van der Waals surface area contributed by atoms with Gasteiger partial charge in [-0.05, 0) is 32.4 Å². The van der Waals surface area contributed by atoms with Crippen molar-refractivity contribution in [2.75, 3.05) is 19.0 Å². The molecule has 1 amide bonds. The van der Waals surface area contributed by atoms with Crippen LogP contribution in [0.3, 0.4) is 0 Å². The summed E-state index contributed by atoms with van der Waals surface area (Å²) in [5.41, 5.74) is 0.666. The summed E-state index contributed by atoms with van der Waals surface area (Å²) in [6, 6.07) is 7.37. The van der Waals surface area contributed by atoms with Crippen molar-refractivity contribution in [1.29, 1.82) is 0 Å². The Morgan fingerprint density at radius 2 is 2.00 bits per heavy atom. The predicted molar refractivity (Wildman–Crippen MR) is 74.0 cm³/mol. The van der Waals surface area contributed by atoms with Crippen molar-refractivity contribution in [3.05, 3.63) is 24.3 Å². The lowest BCUT2D eigenvalue weighted by atomic mass is 10.0. The van der Waals surface area contributed by atoms with Crippen LogP contribution in [0.25, 0.3) is 0 Å². The van der Waals surface area contributed by atoms with Gasteiger partial charge in [0.1, 0.15) is 5.75 Å². The number of carbonyl (C=O) groups is 1. The monoisotopic (exact) mass is 250 g/mol. The second-order valence-electron chi connectivity index (χ2n) is 4.84. The number of amides is 1. The largest absolute Gasteiger partial charge is 0.495 e. The van der Waals surface area contributed by atoms with Gasteiger partial charge < -0.3 is 15.4 Å². The fourth-order valence-electron chi connectivity index (χ4n) is 1.39. The minimum absolute atomic E-state index is 0.0296. The molecule has 0 atom stereocenters. The molecule has 1 aromatic carbocycles. The van der Waals surface area contributed by atoms with E-state index in [2.05, 4.69) is 31.4 Å². The van der Waals surface area contributed by atoms with Crippen LogP contribution >= 0.6 is 0 Å². The highest BCUT2D eigenvalue weighted by Crippen LogP contribution is 2.22. The fourth-order valence-corrected chi connectivity index (χ4v) is 1.39. The summed E-state index contributed by atoms with van der Waals surface area (Å²) in [5, 5.41) is 6.04. The number of nitrogens with one attached hydrogen (secondary N) is 2. The molecule has 0 saturated heterocycles. The van der Waals surface area contributed by atoms with E-state index in [9.17, 15) is 4.79 Å². The molecule has 0 spiro atoms. The molecule has 4 heteroatoms. The summed E-state index contributed by atoms with van der Waals surface area (Å²) >= 11 is 0. The number of hydrogen-bond donors (Lipinski definition) is 2. The van der Waals surface area contributed by atoms with E-state index in [0.29, 0.717) is 18.0 Å². The highest BCUT2D eigenvalue weighted by atomic mass is 16.5. The topological polar surface area (TPSA) is 50.4 Å². The molecule has 0 aliphatic rings. The Kier molecular flexibility index (Phi) is 5.16. The standard InChI is InChI=1S/C14H22N2O2/c1-5-14(2,3)15-10-13(17)16-11-8-6-7-9-12(11)18-4/h6-9,15H,5,10H2,1-4H3,(H,16,17). The van der Waals surface area contributed by atoms with Gasteiger partial charge in [0.25, 0.3) is 0 Å². The third-order valence-corrected chi connectivity index (χ3v) is 2.99. The van der Waals surface area contributed by atoms with Gasteiger partial charge in [-0.2, -0.15) is 0 Å². The van der Waals surface area contributed by atoms with Crippen molar-refractivity contribution in [2.45, 2.75) is 32.7 Å². The van der Waals surface area contributed by atoms with E-state index >= 15 is 0 Å². The van der Waals surface area contributed by atoms with Gasteiger partial charge in [0.05, 0.1) is 19.3 Å². The van der Waals surface area contributed by atoms with E-state index in [1.54, 1.807) is 7.11 Å². The number of methoxy groups -OCH3 is 1. The zero-order chi connectivity index (χ0) is 13.6. The zero-order valence-corrected chi connectivity index (χ0v) is 11.5. The average Bonchev–Trinajstić information content (AvgIpc) is 2.37. The summed E-state index contributed by atoms with van der Waals surface area (Å²) in [7, 11) is 1.59. The van der Waals surface area contributed by atoms with Gasteiger partial charge in [-0.25, -0.2) is 0 Å². The maximum absolute atomic E-state index is 11.8. The summed E-state index contributed by atoms with van der Waals surface area (Å²) in [6.45, 7) is 6.52. The summed E-state index contributed by atoms with van der Waals surface area (Å²) < 4.78 is 5.18. The molecule has 0 aliphatic carbocycles. The Balaban J connectivity index is 2.55. The Morgan fingerprint density at radius 1 is 1.33 bits per heavy atom. The summed E-state index contributed by atoms with van der Waals surface area (Å²) in [6.07, 6.45) is 0.967. The minimum Gasteiger partial charge on any atom is -0.495 e. The number of rotatable bonds is 6. The minimum atomic E-state index is -0.0685. The molecule has 0 saturated carbocycles. The molecule has 0 fully saturated rings. The van der Waals surface area contributed by atoms with Crippen LogP contribution in [0.2, 0.25) is 0 Å². The van der Waals surface area contributed by atoms with Crippen LogP contribution in [-0.2, 0) is 4.79 Å². The lowest BCUT2D eigenvalue weighted by Gasteiger charge is -2.24. The molecule has 0 aliphatic heterocycles. The molecule has 0 radical (unpaired) electrons. The van der Waals surface area contributed by atoms with Crippen LogP contribution in [0.15, 0.2) is 24.3 Å². The van der Waals surface area contributed by atoms with E-state index in [4.69, 9.17) is 4.74 Å². The summed E-state index contributed by atoms with van der Waals surface area (Å²) in [4.78, 5) is 11.8. The SMILES string of the molecule is CCC(C)(C)NCC(=O)Nc1ccccc1OC. The second kappa shape index (κ2) is 6.40. The molecular weight excluding hydrogens is 228 g/mol. The van der Waals surface area contributed by atoms with Gasteiger partial charge in [-0.15, -0.1) is 0 Å². The molecule has 2 N–H and O–H groups in total. The normalized spacial score (nSPS) is 11.1. The Hall–Kier alpha value is -1.55. The van der Waals surface area contributed by atoms with E-state index in [1.165, 1.54) is 0 Å². The molecule has 0 aromatic heterocycles. The van der Waals surface area contributed by atoms with Crippen molar-refractivity contribution in [3.8, 4) is 5.75 Å². The van der Waals surface area contributed by atoms with Crippen molar-refractivity contribution < 1.29 is 9.53 Å². The predicted octanol–water partition coefficient (Wildman–Crippen LogP) is 2.41. The Labute approximate surface area is 109 Å². The number of ether oxygens (including phenoxy) is 1. The fraction of sp³-hybridized carbons (Fsp3) is 0.500. The maximum Gasteiger partial charge on any atom is 0.238 e. The quantitative estimate of drug-likeness (QED) is 0.815. The van der Waals surface area contributed by atoms with E-state index < -0.39 is 0 Å². The van der Waals surface area contributed by atoms with Gasteiger partial charge >= 0.3 is 0 Å². The number of carbonyl (C=O) groups excluding carboxylic acids is 1. The number of anilines is 1. The number of hydrogen-bond acceptors (Lipinski definition) is 3. The third-order valence-electron chi connectivity index (χ3n) is 2.99. The van der Waals surface area contributed by atoms with Crippen LogP contribution < -0.4 is 15.4 Å². The van der Waals surface area contributed by atoms with E-state index in [1.807, 2.05) is 24.3 Å². The Bertz CT molecular complexity index is 403. The molecule has 100 valence electrons. The first-order chi connectivity index (χ1) is 8.48. The highest BCUT2D eigenvalue weighted by molar-refractivity contribution is 5.93. The smallest absolute Gasteiger partial charge is 0.238 e. The Morgan fingerprint density at radius 3 is 2.61 bits per heavy atom. The molecular formula is C14H22N2O2. The first kappa shape index (κ1) is 14.5. The van der Waals surface area contributed by atoms with Gasteiger partial charge in [0, 0.05) is 5.54 Å². The lowest BCUT2D eigenvalue weighted by Crippen LogP contribution is -2.43. The van der Waals surface area contributed by atoms with Crippen molar-refractivity contribution in [3.63, 3.8) is 0 Å². The highest BCUT2D eigenvalue weighted by Gasteiger charge is 2.15. The molecule has 1 rings (SSSR count). The average molecular weight is 250 g/mol. The first-order valence-corrected chi connectivity index (χ1v) is 6.16. The van der Waals surface area contributed by atoms with Gasteiger partial charge in [-0.1, -0.05) is 19.1 Å². The van der Waals surface area contributed by atoms with Crippen LogP contribution in [0.4, 0.5) is 5.69 Å². The molecule has 0 bridgehead atoms. The maximum atomic E-state index is 11.8. The van der Waals surface area contributed by atoms with Crippen LogP contribution in [0, 0.1) is 0 Å². The van der Waals surface area contributed by atoms with Crippen LogP contribution in [0.1, 0.15) is 27.2 Å². The van der Waals surface area contributed by atoms with Gasteiger partial charge in [0.2, 0.25) is 5.91 Å². The second-order valence-corrected chi connectivity index (χ2v) is 4.84. The van der Waals surface area contributed by atoms with Gasteiger partial charge in [-0.3, -0.25) is 4.79 Å². The molecule has 18 heavy (non-hydrogen) atoms.